The smallest absolute Gasteiger partial charge is 0.265 e. The average molecular weight is 344 g/mol. The van der Waals surface area contributed by atoms with Crippen LogP contribution in [0.5, 0.6) is 5.75 Å². The fraction of sp³-hybridized carbons (Fsp3) is 0.474. The number of likely N-dealkylation sites (tertiary alicyclic amines) is 1. The van der Waals surface area contributed by atoms with Gasteiger partial charge in [0, 0.05) is 13.1 Å². The topological polar surface area (TPSA) is 42.4 Å². The molecule has 1 aromatic heterocycles. The molecule has 1 fully saturated rings. The van der Waals surface area contributed by atoms with Crippen LogP contribution in [-0.4, -0.2) is 28.9 Å². The maximum absolute atomic E-state index is 12.9. The van der Waals surface area contributed by atoms with E-state index in [0.29, 0.717) is 18.4 Å². The molecule has 5 heteroatoms. The lowest BCUT2D eigenvalue weighted by atomic mass is 9.92. The number of thiazole rings is 1. The average Bonchev–Trinajstić information content (AvgIpc) is 2.93. The van der Waals surface area contributed by atoms with Gasteiger partial charge in [-0.2, -0.15) is 0 Å². The highest BCUT2D eigenvalue weighted by atomic mass is 32.1. The Kier molecular flexibility index (Phi) is 5.19. The van der Waals surface area contributed by atoms with E-state index in [0.717, 1.165) is 34.4 Å². The number of ether oxygens (including phenoxy) is 1. The molecule has 0 N–H and O–H groups in total. The Morgan fingerprint density at radius 2 is 1.92 bits per heavy atom. The van der Waals surface area contributed by atoms with Crippen molar-refractivity contribution >= 4 is 17.2 Å². The molecule has 1 amide bonds. The van der Waals surface area contributed by atoms with Crippen LogP contribution in [0.2, 0.25) is 0 Å². The number of hydrogen-bond donors (Lipinski definition) is 0. The third-order valence-electron chi connectivity index (χ3n) is 4.30. The van der Waals surface area contributed by atoms with Crippen molar-refractivity contribution in [2.24, 2.45) is 11.8 Å². The number of carbonyl (C=O) groups is 1. The van der Waals surface area contributed by atoms with E-state index < -0.39 is 0 Å². The number of benzene rings is 1. The van der Waals surface area contributed by atoms with E-state index in [1.165, 1.54) is 17.8 Å². The molecule has 2 atom stereocenters. The highest BCUT2D eigenvalue weighted by Gasteiger charge is 2.28. The van der Waals surface area contributed by atoms with Gasteiger partial charge in [0.15, 0.2) is 0 Å². The van der Waals surface area contributed by atoms with Crippen molar-refractivity contribution in [1.29, 1.82) is 0 Å². The molecule has 1 aliphatic heterocycles. The van der Waals surface area contributed by atoms with E-state index in [2.05, 4.69) is 18.8 Å². The largest absolute Gasteiger partial charge is 0.486 e. The minimum absolute atomic E-state index is 0.120. The normalized spacial score (nSPS) is 20.9. The summed E-state index contributed by atoms with van der Waals surface area (Å²) in [4.78, 5) is 20.1. The van der Waals surface area contributed by atoms with Crippen LogP contribution in [-0.2, 0) is 6.61 Å². The number of rotatable bonds is 4. The Bertz CT molecular complexity index is 689. The van der Waals surface area contributed by atoms with Gasteiger partial charge in [0.1, 0.15) is 22.2 Å². The molecule has 0 spiro atoms. The van der Waals surface area contributed by atoms with Gasteiger partial charge in [-0.15, -0.1) is 11.3 Å². The Labute approximate surface area is 147 Å². The molecule has 0 radical (unpaired) electrons. The van der Waals surface area contributed by atoms with E-state index in [9.17, 15) is 4.79 Å². The molecule has 24 heavy (non-hydrogen) atoms. The summed E-state index contributed by atoms with van der Waals surface area (Å²) in [5.74, 6) is 2.06. The standard InChI is InChI=1S/C19H24N2O2S/c1-13-9-14(2)11-21(10-13)19(22)18-15(3)20-17(24-18)12-23-16-7-5-4-6-8-16/h4-8,13-14H,9-12H2,1-3H3. The molecule has 0 saturated carbocycles. The van der Waals surface area contributed by atoms with Crippen molar-refractivity contribution < 1.29 is 9.53 Å². The lowest BCUT2D eigenvalue weighted by Crippen LogP contribution is -2.42. The number of para-hydroxylation sites is 1. The van der Waals surface area contributed by atoms with Crippen molar-refractivity contribution in [2.75, 3.05) is 13.1 Å². The molecule has 128 valence electrons. The van der Waals surface area contributed by atoms with Gasteiger partial charge in [0.05, 0.1) is 5.69 Å². The summed E-state index contributed by atoms with van der Waals surface area (Å²) in [6, 6.07) is 9.68. The number of carbonyl (C=O) groups excluding carboxylic acids is 1. The van der Waals surface area contributed by atoms with Crippen LogP contribution in [0.25, 0.3) is 0 Å². The quantitative estimate of drug-likeness (QED) is 0.837. The van der Waals surface area contributed by atoms with Gasteiger partial charge in [0.2, 0.25) is 0 Å². The van der Waals surface area contributed by atoms with Crippen molar-refractivity contribution in [3.63, 3.8) is 0 Å². The second kappa shape index (κ2) is 7.34. The molecule has 1 aliphatic rings. The van der Waals surface area contributed by atoms with Gasteiger partial charge < -0.3 is 9.64 Å². The highest BCUT2D eigenvalue weighted by molar-refractivity contribution is 7.13. The summed E-state index contributed by atoms with van der Waals surface area (Å²) in [5, 5.41) is 0.845. The summed E-state index contributed by atoms with van der Waals surface area (Å²) in [5.41, 5.74) is 0.808. The predicted octanol–water partition coefficient (Wildman–Crippen LogP) is 4.15. The third-order valence-corrected chi connectivity index (χ3v) is 5.42. The Balaban J connectivity index is 1.68. The van der Waals surface area contributed by atoms with Crippen LogP contribution in [0.15, 0.2) is 30.3 Å². The first-order chi connectivity index (χ1) is 11.5. The number of hydrogen-bond acceptors (Lipinski definition) is 4. The molecule has 0 bridgehead atoms. The molecule has 3 rings (SSSR count). The summed E-state index contributed by atoms with van der Waals surface area (Å²) >= 11 is 1.46. The van der Waals surface area contributed by atoms with E-state index in [1.54, 1.807) is 0 Å². The number of amides is 1. The van der Waals surface area contributed by atoms with E-state index >= 15 is 0 Å². The van der Waals surface area contributed by atoms with Crippen LogP contribution in [0.3, 0.4) is 0 Å². The highest BCUT2D eigenvalue weighted by Crippen LogP contribution is 2.26. The fourth-order valence-corrected chi connectivity index (χ4v) is 4.29. The van der Waals surface area contributed by atoms with Gasteiger partial charge in [-0.3, -0.25) is 4.79 Å². The first kappa shape index (κ1) is 17.0. The molecule has 0 aliphatic carbocycles. The first-order valence-electron chi connectivity index (χ1n) is 8.46. The van der Waals surface area contributed by atoms with E-state index in [1.807, 2.05) is 42.2 Å². The SMILES string of the molecule is Cc1nc(COc2ccccc2)sc1C(=O)N1CC(C)CC(C)C1. The van der Waals surface area contributed by atoms with Gasteiger partial charge in [0.25, 0.3) is 5.91 Å². The van der Waals surface area contributed by atoms with Crippen LogP contribution >= 0.6 is 11.3 Å². The number of aryl methyl sites for hydroxylation is 1. The molecule has 2 heterocycles. The molecule has 2 unspecified atom stereocenters. The molecular weight excluding hydrogens is 320 g/mol. The van der Waals surface area contributed by atoms with Crippen LogP contribution in [0.4, 0.5) is 0 Å². The second-order valence-corrected chi connectivity index (χ2v) is 7.86. The Morgan fingerprint density at radius 1 is 1.25 bits per heavy atom. The number of nitrogens with zero attached hydrogens (tertiary/aromatic N) is 2. The lowest BCUT2D eigenvalue weighted by Gasteiger charge is -2.34. The lowest BCUT2D eigenvalue weighted by molar-refractivity contribution is 0.0627. The Morgan fingerprint density at radius 3 is 2.58 bits per heavy atom. The van der Waals surface area contributed by atoms with E-state index in [-0.39, 0.29) is 5.91 Å². The van der Waals surface area contributed by atoms with Crippen LogP contribution in [0, 0.1) is 18.8 Å². The van der Waals surface area contributed by atoms with Crippen LogP contribution in [0.1, 0.15) is 40.6 Å². The zero-order valence-electron chi connectivity index (χ0n) is 14.5. The Hall–Kier alpha value is -1.88. The first-order valence-corrected chi connectivity index (χ1v) is 9.28. The molecule has 1 aromatic carbocycles. The summed E-state index contributed by atoms with van der Waals surface area (Å²) in [7, 11) is 0. The summed E-state index contributed by atoms with van der Waals surface area (Å²) < 4.78 is 5.74. The number of aromatic nitrogens is 1. The van der Waals surface area contributed by atoms with E-state index in [4.69, 9.17) is 4.74 Å². The van der Waals surface area contributed by atoms with Gasteiger partial charge in [-0.05, 0) is 37.3 Å². The molecule has 1 saturated heterocycles. The predicted molar refractivity (Wildman–Crippen MR) is 96.5 cm³/mol. The molecule has 2 aromatic rings. The third kappa shape index (κ3) is 3.96. The summed E-state index contributed by atoms with van der Waals surface area (Å²) in [6.07, 6.45) is 1.20. The minimum Gasteiger partial charge on any atom is -0.486 e. The maximum atomic E-state index is 12.9. The second-order valence-electron chi connectivity index (χ2n) is 6.78. The zero-order valence-corrected chi connectivity index (χ0v) is 15.3. The molecular formula is C19H24N2O2S. The van der Waals surface area contributed by atoms with Gasteiger partial charge >= 0.3 is 0 Å². The van der Waals surface area contributed by atoms with Gasteiger partial charge in [-0.25, -0.2) is 4.98 Å². The van der Waals surface area contributed by atoms with Crippen LogP contribution < -0.4 is 4.74 Å². The number of piperidine rings is 1. The van der Waals surface area contributed by atoms with Gasteiger partial charge in [-0.1, -0.05) is 32.0 Å². The molecule has 4 nitrogen and oxygen atoms in total. The zero-order chi connectivity index (χ0) is 17.1. The monoisotopic (exact) mass is 344 g/mol. The van der Waals surface area contributed by atoms with Crippen molar-refractivity contribution in [2.45, 2.75) is 33.8 Å². The van der Waals surface area contributed by atoms with Crippen molar-refractivity contribution in [3.8, 4) is 5.75 Å². The van der Waals surface area contributed by atoms with Crippen molar-refractivity contribution in [3.05, 3.63) is 45.9 Å². The van der Waals surface area contributed by atoms with Crippen molar-refractivity contribution in [1.82, 2.24) is 9.88 Å². The maximum Gasteiger partial charge on any atom is 0.265 e. The summed E-state index contributed by atoms with van der Waals surface area (Å²) in [6.45, 7) is 8.43. The fourth-order valence-electron chi connectivity index (χ4n) is 3.35. The minimum atomic E-state index is 0.120.